The lowest BCUT2D eigenvalue weighted by Gasteiger charge is -2.41. The van der Waals surface area contributed by atoms with Gasteiger partial charge < -0.3 is 4.90 Å². The Labute approximate surface area is 214 Å². The number of fused-ring (bicyclic) bond motifs is 3. The van der Waals surface area contributed by atoms with Crippen LogP contribution in [0.25, 0.3) is 10.2 Å². The summed E-state index contributed by atoms with van der Waals surface area (Å²) in [5, 5.41) is 13.0. The van der Waals surface area contributed by atoms with E-state index in [1.165, 1.54) is 0 Å². The Hall–Kier alpha value is -2.53. The van der Waals surface area contributed by atoms with Gasteiger partial charge in [0.15, 0.2) is 0 Å². The fourth-order valence-electron chi connectivity index (χ4n) is 6.34. The van der Waals surface area contributed by atoms with Crippen LogP contribution in [0.3, 0.4) is 0 Å². The number of amides is 1. The number of halogens is 1. The molecule has 0 spiro atoms. The normalized spacial score (nSPS) is 27.7. The molecule has 6 nitrogen and oxygen atoms in total. The van der Waals surface area contributed by atoms with Gasteiger partial charge in [0, 0.05) is 47.1 Å². The summed E-state index contributed by atoms with van der Waals surface area (Å²) >= 11 is 8.40. The summed E-state index contributed by atoms with van der Waals surface area (Å²) in [6.45, 7) is 2.44. The van der Waals surface area contributed by atoms with Crippen molar-refractivity contribution in [1.82, 2.24) is 19.8 Å². The number of hydrogen-bond donors (Lipinski definition) is 0. The Morgan fingerprint density at radius 1 is 1.20 bits per heavy atom. The maximum absolute atomic E-state index is 13.4. The van der Waals surface area contributed by atoms with Crippen molar-refractivity contribution in [2.45, 2.75) is 69.0 Å². The number of piperidine rings is 1. The predicted octanol–water partition coefficient (Wildman–Crippen LogP) is 5.52. The lowest BCUT2D eigenvalue weighted by molar-refractivity contribution is 0.0535. The van der Waals surface area contributed by atoms with E-state index in [2.05, 4.69) is 27.4 Å². The van der Waals surface area contributed by atoms with Gasteiger partial charge in [0.05, 0.1) is 18.3 Å². The van der Waals surface area contributed by atoms with E-state index in [1.807, 2.05) is 37.1 Å². The van der Waals surface area contributed by atoms with Gasteiger partial charge in [-0.05, 0) is 74.1 Å². The SMILES string of the molecule is Cc1nc([C@H]2C[C@@H]2c2ccc(C(=O)N(C)C3CC4CCC(C3)N4CC#N)cc2Cl)c2ccsc2n1. The first-order valence-electron chi connectivity index (χ1n) is 12.4. The molecule has 4 heterocycles. The van der Waals surface area contributed by atoms with Gasteiger partial charge in [0.1, 0.15) is 10.7 Å². The van der Waals surface area contributed by atoms with Crippen molar-refractivity contribution in [2.75, 3.05) is 13.6 Å². The minimum atomic E-state index is 0.0235. The molecule has 180 valence electrons. The summed E-state index contributed by atoms with van der Waals surface area (Å²) < 4.78 is 0. The van der Waals surface area contributed by atoms with Crippen molar-refractivity contribution in [3.05, 3.63) is 57.3 Å². The molecule has 1 amide bonds. The average Bonchev–Trinajstić information content (AvgIpc) is 3.43. The van der Waals surface area contributed by atoms with Gasteiger partial charge in [-0.15, -0.1) is 11.3 Å². The first-order valence-corrected chi connectivity index (χ1v) is 13.6. The van der Waals surface area contributed by atoms with Gasteiger partial charge in [0.25, 0.3) is 5.91 Å². The van der Waals surface area contributed by atoms with Gasteiger partial charge in [-0.2, -0.15) is 5.26 Å². The Kier molecular flexibility index (Phi) is 5.79. The lowest BCUT2D eigenvalue weighted by Crippen LogP contribution is -2.50. The highest BCUT2D eigenvalue weighted by Gasteiger charge is 2.44. The Bertz CT molecular complexity index is 1340. The van der Waals surface area contributed by atoms with Crippen molar-refractivity contribution in [1.29, 1.82) is 5.26 Å². The second kappa shape index (κ2) is 8.85. The molecule has 2 bridgehead atoms. The number of carbonyl (C=O) groups excluding carboxylic acids is 1. The highest BCUT2D eigenvalue weighted by Crippen LogP contribution is 2.57. The van der Waals surface area contributed by atoms with E-state index in [-0.39, 0.29) is 11.9 Å². The van der Waals surface area contributed by atoms with Gasteiger partial charge in [-0.3, -0.25) is 9.69 Å². The molecule has 6 rings (SSSR count). The molecular formula is C27H28ClN5OS. The maximum atomic E-state index is 13.4. The highest BCUT2D eigenvalue weighted by atomic mass is 35.5. The third-order valence-corrected chi connectivity index (χ3v) is 9.37. The fourth-order valence-corrected chi connectivity index (χ4v) is 7.48. The fraction of sp³-hybridized carbons (Fsp3) is 0.481. The van der Waals surface area contributed by atoms with Crippen LogP contribution in [0.1, 0.15) is 71.4 Å². The van der Waals surface area contributed by atoms with Gasteiger partial charge in [-0.1, -0.05) is 17.7 Å². The van der Waals surface area contributed by atoms with E-state index in [0.717, 1.165) is 59.4 Å². The smallest absolute Gasteiger partial charge is 0.253 e. The van der Waals surface area contributed by atoms with Crippen molar-refractivity contribution in [3.8, 4) is 6.07 Å². The van der Waals surface area contributed by atoms with Crippen LogP contribution < -0.4 is 0 Å². The lowest BCUT2D eigenvalue weighted by atomic mass is 9.95. The predicted molar refractivity (Wildman–Crippen MR) is 138 cm³/mol. The zero-order valence-electron chi connectivity index (χ0n) is 19.9. The standard InChI is InChI=1S/C27H28ClN5OS/c1-15-30-25(21-7-10-35-26(21)31-15)23-14-22(23)20-6-3-16(11-24(20)28)27(34)32(2)19-12-17-4-5-18(13-19)33(17)9-8-29/h3,6-7,10-11,17-19,22-23H,4-5,9,12-14H2,1-2H3/t17?,18?,19?,22-,23+/m1/s1. The monoisotopic (exact) mass is 505 g/mol. The third-order valence-electron chi connectivity index (χ3n) is 8.24. The van der Waals surface area contributed by atoms with Crippen molar-refractivity contribution >= 4 is 39.1 Å². The van der Waals surface area contributed by atoms with Crippen LogP contribution in [-0.4, -0.2) is 57.4 Å². The molecule has 2 aromatic heterocycles. The Balaban J connectivity index is 1.17. The first kappa shape index (κ1) is 22.9. The van der Waals surface area contributed by atoms with E-state index in [1.54, 1.807) is 11.3 Å². The zero-order valence-corrected chi connectivity index (χ0v) is 21.5. The highest BCUT2D eigenvalue weighted by molar-refractivity contribution is 7.16. The molecular weight excluding hydrogens is 478 g/mol. The van der Waals surface area contributed by atoms with E-state index >= 15 is 0 Å². The van der Waals surface area contributed by atoms with E-state index in [4.69, 9.17) is 21.8 Å². The number of aryl methyl sites for hydroxylation is 1. The molecule has 2 aliphatic heterocycles. The molecule has 1 aromatic carbocycles. The molecule has 3 aromatic rings. The maximum Gasteiger partial charge on any atom is 0.253 e. The van der Waals surface area contributed by atoms with Crippen LogP contribution >= 0.6 is 22.9 Å². The number of nitrogens with zero attached hydrogens (tertiary/aromatic N) is 5. The van der Waals surface area contributed by atoms with Crippen LogP contribution in [-0.2, 0) is 0 Å². The number of carbonyl (C=O) groups is 1. The second-order valence-electron chi connectivity index (χ2n) is 10.2. The van der Waals surface area contributed by atoms with Crippen molar-refractivity contribution < 1.29 is 4.79 Å². The van der Waals surface area contributed by atoms with E-state index in [0.29, 0.717) is 41.1 Å². The molecule has 0 radical (unpaired) electrons. The topological polar surface area (TPSA) is 73.1 Å². The quantitative estimate of drug-likeness (QED) is 0.427. The van der Waals surface area contributed by atoms with E-state index in [9.17, 15) is 4.79 Å². The summed E-state index contributed by atoms with van der Waals surface area (Å²) in [7, 11) is 1.91. The molecule has 3 fully saturated rings. The van der Waals surface area contributed by atoms with Gasteiger partial charge >= 0.3 is 0 Å². The van der Waals surface area contributed by atoms with E-state index < -0.39 is 0 Å². The van der Waals surface area contributed by atoms with Crippen molar-refractivity contribution in [3.63, 3.8) is 0 Å². The van der Waals surface area contributed by atoms with Crippen LogP contribution in [0.15, 0.2) is 29.6 Å². The first-order chi connectivity index (χ1) is 16.9. The van der Waals surface area contributed by atoms with Crippen LogP contribution in [0.5, 0.6) is 0 Å². The Morgan fingerprint density at radius 3 is 2.69 bits per heavy atom. The molecule has 8 heteroatoms. The van der Waals surface area contributed by atoms with Crippen molar-refractivity contribution in [2.24, 2.45) is 0 Å². The summed E-state index contributed by atoms with van der Waals surface area (Å²) in [5.41, 5.74) is 2.86. The molecule has 4 atom stereocenters. The van der Waals surface area contributed by atoms with Crippen LogP contribution in [0, 0.1) is 18.3 Å². The minimum Gasteiger partial charge on any atom is -0.339 e. The number of hydrogen-bond acceptors (Lipinski definition) is 6. The molecule has 2 saturated heterocycles. The number of benzene rings is 1. The third kappa shape index (κ3) is 4.02. The number of nitriles is 1. The molecule has 1 aliphatic carbocycles. The van der Waals surface area contributed by atoms with Crippen LogP contribution in [0.4, 0.5) is 0 Å². The number of rotatable bonds is 5. The average molecular weight is 506 g/mol. The summed E-state index contributed by atoms with van der Waals surface area (Å²) in [4.78, 5) is 28.0. The zero-order chi connectivity index (χ0) is 24.3. The number of aromatic nitrogens is 2. The van der Waals surface area contributed by atoms with Crippen LogP contribution in [0.2, 0.25) is 5.02 Å². The Morgan fingerprint density at radius 2 is 1.97 bits per heavy atom. The second-order valence-corrected chi connectivity index (χ2v) is 11.5. The van der Waals surface area contributed by atoms with Gasteiger partial charge in [0.2, 0.25) is 0 Å². The summed E-state index contributed by atoms with van der Waals surface area (Å²) in [6, 6.07) is 11.2. The largest absolute Gasteiger partial charge is 0.339 e. The van der Waals surface area contributed by atoms with Gasteiger partial charge in [-0.25, -0.2) is 9.97 Å². The number of thiophene rings is 1. The summed E-state index contributed by atoms with van der Waals surface area (Å²) in [5.74, 6) is 1.49. The summed E-state index contributed by atoms with van der Waals surface area (Å²) in [6.07, 6.45) is 5.13. The molecule has 2 unspecified atom stereocenters. The molecule has 35 heavy (non-hydrogen) atoms. The molecule has 3 aliphatic rings. The molecule has 1 saturated carbocycles. The minimum absolute atomic E-state index is 0.0235. The molecule has 0 N–H and O–H groups in total.